The van der Waals surface area contributed by atoms with Crippen LogP contribution in [0.5, 0.6) is 5.75 Å². The fraction of sp³-hybridized carbons (Fsp3) is 0.182. The van der Waals surface area contributed by atoms with Gasteiger partial charge in [0.05, 0.1) is 19.9 Å². The van der Waals surface area contributed by atoms with E-state index in [2.05, 4.69) is 5.10 Å². The number of aromatic nitrogens is 2. The van der Waals surface area contributed by atoms with Crippen molar-refractivity contribution in [2.75, 3.05) is 12.8 Å². The Morgan fingerprint density at radius 3 is 2.71 bits per heavy atom. The molecule has 90 valence electrons. The Morgan fingerprint density at radius 2 is 2.12 bits per heavy atom. The van der Waals surface area contributed by atoms with Gasteiger partial charge in [0, 0.05) is 10.6 Å². The van der Waals surface area contributed by atoms with Crippen LogP contribution in [0.2, 0.25) is 10.0 Å². The summed E-state index contributed by atoms with van der Waals surface area (Å²) >= 11 is 12.0. The molecular weight excluding hydrogens is 261 g/mol. The van der Waals surface area contributed by atoms with Crippen LogP contribution in [0.4, 0.5) is 5.82 Å². The normalized spacial score (nSPS) is 10.5. The maximum atomic E-state index is 6.12. The van der Waals surface area contributed by atoms with Gasteiger partial charge in [0.1, 0.15) is 16.6 Å². The minimum atomic E-state index is 0.411. The van der Waals surface area contributed by atoms with E-state index < -0.39 is 0 Å². The Bertz CT molecular complexity index is 540. The molecule has 6 heteroatoms. The first kappa shape index (κ1) is 12.1. The van der Waals surface area contributed by atoms with Crippen LogP contribution in [0.15, 0.2) is 24.4 Å². The highest BCUT2D eigenvalue weighted by Gasteiger charge is 2.11. The van der Waals surface area contributed by atoms with Gasteiger partial charge < -0.3 is 10.5 Å². The largest absolute Gasteiger partial charge is 0.496 e. The third kappa shape index (κ3) is 2.33. The van der Waals surface area contributed by atoms with Crippen LogP contribution in [0.25, 0.3) is 0 Å². The molecule has 0 fully saturated rings. The van der Waals surface area contributed by atoms with Crippen molar-refractivity contribution in [3.05, 3.63) is 40.0 Å². The summed E-state index contributed by atoms with van der Waals surface area (Å²) in [6.45, 7) is 0.418. The molecule has 1 heterocycles. The molecule has 0 bridgehead atoms. The third-order valence-electron chi connectivity index (χ3n) is 2.44. The molecule has 2 rings (SSSR count). The van der Waals surface area contributed by atoms with E-state index in [1.54, 1.807) is 17.9 Å². The Balaban J connectivity index is 2.39. The lowest BCUT2D eigenvalue weighted by molar-refractivity contribution is 0.407. The van der Waals surface area contributed by atoms with Crippen molar-refractivity contribution in [2.24, 2.45) is 0 Å². The number of nitrogens with zero attached hydrogens (tertiary/aromatic N) is 2. The zero-order valence-electron chi connectivity index (χ0n) is 9.15. The smallest absolute Gasteiger partial charge is 0.140 e. The van der Waals surface area contributed by atoms with Crippen molar-refractivity contribution < 1.29 is 4.74 Å². The number of ether oxygens (including phenoxy) is 1. The first-order valence-corrected chi connectivity index (χ1v) is 5.67. The highest BCUT2D eigenvalue weighted by Crippen LogP contribution is 2.28. The van der Waals surface area contributed by atoms with Gasteiger partial charge in [-0.1, -0.05) is 29.3 Å². The molecule has 0 unspecified atom stereocenters. The standard InChI is InChI=1S/C11H11Cl2N3O/c1-17-10-4-2-3-8(12)7(10)6-16-11(14)9(13)5-15-16/h2-5H,6,14H2,1H3. The zero-order valence-corrected chi connectivity index (χ0v) is 10.7. The van der Waals surface area contributed by atoms with Crippen LogP contribution in [-0.4, -0.2) is 16.9 Å². The average molecular weight is 272 g/mol. The SMILES string of the molecule is COc1cccc(Cl)c1Cn1ncc(Cl)c1N. The summed E-state index contributed by atoms with van der Waals surface area (Å²) in [4.78, 5) is 0. The molecule has 0 saturated carbocycles. The van der Waals surface area contributed by atoms with Gasteiger partial charge in [-0.3, -0.25) is 0 Å². The molecule has 0 atom stereocenters. The number of benzene rings is 1. The van der Waals surface area contributed by atoms with E-state index in [1.165, 1.54) is 6.20 Å². The minimum absolute atomic E-state index is 0.411. The van der Waals surface area contributed by atoms with E-state index in [0.717, 1.165) is 5.56 Å². The van der Waals surface area contributed by atoms with Gasteiger partial charge in [-0.15, -0.1) is 0 Å². The monoisotopic (exact) mass is 271 g/mol. The molecule has 0 aliphatic heterocycles. The first-order valence-electron chi connectivity index (χ1n) is 4.91. The number of methoxy groups -OCH3 is 1. The van der Waals surface area contributed by atoms with Crippen LogP contribution >= 0.6 is 23.2 Å². The van der Waals surface area contributed by atoms with E-state index in [1.807, 2.05) is 12.1 Å². The molecule has 17 heavy (non-hydrogen) atoms. The molecule has 0 aliphatic rings. The van der Waals surface area contributed by atoms with Crippen LogP contribution in [-0.2, 0) is 6.54 Å². The minimum Gasteiger partial charge on any atom is -0.496 e. The van der Waals surface area contributed by atoms with Crippen molar-refractivity contribution in [3.8, 4) is 5.75 Å². The summed E-state index contributed by atoms with van der Waals surface area (Å²) in [5.74, 6) is 1.11. The highest BCUT2D eigenvalue weighted by molar-refractivity contribution is 6.32. The lowest BCUT2D eigenvalue weighted by Gasteiger charge is -2.11. The van der Waals surface area contributed by atoms with Crippen LogP contribution in [0.1, 0.15) is 5.56 Å². The molecule has 1 aromatic heterocycles. The third-order valence-corrected chi connectivity index (χ3v) is 3.08. The van der Waals surface area contributed by atoms with Crippen LogP contribution < -0.4 is 10.5 Å². The van der Waals surface area contributed by atoms with Gasteiger partial charge in [0.15, 0.2) is 0 Å². The van der Waals surface area contributed by atoms with Crippen molar-refractivity contribution >= 4 is 29.0 Å². The topological polar surface area (TPSA) is 53.1 Å². The van der Waals surface area contributed by atoms with E-state index in [4.69, 9.17) is 33.7 Å². The van der Waals surface area contributed by atoms with E-state index in [9.17, 15) is 0 Å². The Labute approximate surface area is 109 Å². The van der Waals surface area contributed by atoms with Crippen LogP contribution in [0, 0.1) is 0 Å². The number of anilines is 1. The van der Waals surface area contributed by atoms with E-state index in [0.29, 0.717) is 28.2 Å². The zero-order chi connectivity index (χ0) is 12.4. The highest BCUT2D eigenvalue weighted by atomic mass is 35.5. The van der Waals surface area contributed by atoms with E-state index >= 15 is 0 Å². The summed E-state index contributed by atoms with van der Waals surface area (Å²) in [7, 11) is 1.59. The predicted octanol–water partition coefficient (Wildman–Crippen LogP) is 2.83. The molecule has 1 aromatic carbocycles. The average Bonchev–Trinajstić information content (AvgIpc) is 2.63. The summed E-state index contributed by atoms with van der Waals surface area (Å²) in [5, 5.41) is 5.11. The van der Waals surface area contributed by atoms with Crippen molar-refractivity contribution in [1.29, 1.82) is 0 Å². The summed E-state index contributed by atoms with van der Waals surface area (Å²) in [6, 6.07) is 5.45. The second-order valence-electron chi connectivity index (χ2n) is 3.46. The van der Waals surface area contributed by atoms with Gasteiger partial charge in [0.2, 0.25) is 0 Å². The van der Waals surface area contributed by atoms with Crippen molar-refractivity contribution in [2.45, 2.75) is 6.54 Å². The van der Waals surface area contributed by atoms with Crippen molar-refractivity contribution in [3.63, 3.8) is 0 Å². The van der Waals surface area contributed by atoms with Crippen molar-refractivity contribution in [1.82, 2.24) is 9.78 Å². The molecule has 0 aliphatic carbocycles. The molecular formula is C11H11Cl2N3O. The summed E-state index contributed by atoms with van der Waals surface area (Å²) < 4.78 is 6.82. The lowest BCUT2D eigenvalue weighted by atomic mass is 10.2. The fourth-order valence-electron chi connectivity index (χ4n) is 1.53. The molecule has 0 saturated heterocycles. The Hall–Kier alpha value is -1.39. The molecule has 0 radical (unpaired) electrons. The molecule has 4 nitrogen and oxygen atoms in total. The molecule has 2 N–H and O–H groups in total. The molecule has 0 spiro atoms. The van der Waals surface area contributed by atoms with Crippen LogP contribution in [0.3, 0.4) is 0 Å². The Morgan fingerprint density at radius 1 is 1.35 bits per heavy atom. The number of halogens is 2. The fourth-order valence-corrected chi connectivity index (χ4v) is 1.90. The second kappa shape index (κ2) is 4.85. The van der Waals surface area contributed by atoms with Gasteiger partial charge >= 0.3 is 0 Å². The van der Waals surface area contributed by atoms with Gasteiger partial charge in [0.25, 0.3) is 0 Å². The number of hydrogen-bond donors (Lipinski definition) is 1. The summed E-state index contributed by atoms with van der Waals surface area (Å²) in [6.07, 6.45) is 1.50. The number of nitrogens with two attached hydrogens (primary N) is 1. The number of hydrogen-bond acceptors (Lipinski definition) is 3. The molecule has 0 amide bonds. The molecule has 2 aromatic rings. The second-order valence-corrected chi connectivity index (χ2v) is 4.27. The number of rotatable bonds is 3. The first-order chi connectivity index (χ1) is 8.13. The number of nitrogen functional groups attached to an aromatic ring is 1. The predicted molar refractivity (Wildman–Crippen MR) is 68.8 cm³/mol. The van der Waals surface area contributed by atoms with Gasteiger partial charge in [-0.25, -0.2) is 4.68 Å². The quantitative estimate of drug-likeness (QED) is 0.934. The maximum absolute atomic E-state index is 6.12. The maximum Gasteiger partial charge on any atom is 0.140 e. The summed E-state index contributed by atoms with van der Waals surface area (Å²) in [5.41, 5.74) is 6.60. The van der Waals surface area contributed by atoms with Gasteiger partial charge in [-0.2, -0.15) is 5.10 Å². The Kier molecular flexibility index (Phi) is 3.45. The van der Waals surface area contributed by atoms with Gasteiger partial charge in [-0.05, 0) is 12.1 Å². The van der Waals surface area contributed by atoms with E-state index in [-0.39, 0.29) is 0 Å². The lowest BCUT2D eigenvalue weighted by Crippen LogP contribution is -2.07.